The molecule has 1 amide bonds. The topological polar surface area (TPSA) is 107 Å². The Morgan fingerprint density at radius 3 is 2.42 bits per heavy atom. The van der Waals surface area contributed by atoms with Crippen LogP contribution in [0.3, 0.4) is 0 Å². The lowest BCUT2D eigenvalue weighted by atomic mass is 10.1. The van der Waals surface area contributed by atoms with Gasteiger partial charge in [0.25, 0.3) is 5.91 Å². The number of nitrogen functional groups attached to an aromatic ring is 1. The van der Waals surface area contributed by atoms with Gasteiger partial charge in [0.2, 0.25) is 0 Å². The number of aryl methyl sites for hydroxylation is 1. The number of aromatic nitrogens is 3. The fourth-order valence-corrected chi connectivity index (χ4v) is 3.97. The number of methoxy groups -OCH3 is 1. The van der Waals surface area contributed by atoms with Crippen molar-refractivity contribution in [1.82, 2.24) is 20.0 Å². The van der Waals surface area contributed by atoms with Crippen LogP contribution in [0.5, 0.6) is 5.75 Å². The van der Waals surface area contributed by atoms with Crippen molar-refractivity contribution in [3.8, 4) is 5.75 Å². The van der Waals surface area contributed by atoms with E-state index in [1.807, 2.05) is 79.7 Å². The van der Waals surface area contributed by atoms with Gasteiger partial charge in [-0.1, -0.05) is 54.1 Å². The maximum atomic E-state index is 13.3. The van der Waals surface area contributed by atoms with Crippen molar-refractivity contribution in [2.45, 2.75) is 13.3 Å². The van der Waals surface area contributed by atoms with E-state index in [0.717, 1.165) is 22.4 Å². The summed E-state index contributed by atoms with van der Waals surface area (Å²) < 4.78 is 6.68. The maximum absolute atomic E-state index is 13.3. The van der Waals surface area contributed by atoms with Gasteiger partial charge in [-0.05, 0) is 48.7 Å². The van der Waals surface area contributed by atoms with E-state index in [-0.39, 0.29) is 17.3 Å². The van der Waals surface area contributed by atoms with E-state index in [0.29, 0.717) is 35.2 Å². The molecule has 5 rings (SSSR count). The molecule has 0 saturated heterocycles. The van der Waals surface area contributed by atoms with Crippen molar-refractivity contribution in [3.05, 3.63) is 95.1 Å². The number of rotatable bonds is 7. The lowest BCUT2D eigenvalue weighted by molar-refractivity contribution is 0.0956. The SMILES string of the molecule is COc1ccc(CCNC(=O)c2c(N)n(/N=C\c3ccc(C)cc3)c3nc4ccccc4nc23)cc1. The van der Waals surface area contributed by atoms with Crippen molar-refractivity contribution in [2.24, 2.45) is 5.10 Å². The third-order valence-electron chi connectivity index (χ3n) is 5.96. The Balaban J connectivity index is 1.48. The van der Waals surface area contributed by atoms with Gasteiger partial charge in [-0.25, -0.2) is 9.97 Å². The van der Waals surface area contributed by atoms with Crippen molar-refractivity contribution in [3.63, 3.8) is 0 Å². The fourth-order valence-electron chi connectivity index (χ4n) is 3.97. The van der Waals surface area contributed by atoms with Crippen molar-refractivity contribution in [2.75, 3.05) is 19.4 Å². The summed E-state index contributed by atoms with van der Waals surface area (Å²) in [6.07, 6.45) is 2.35. The van der Waals surface area contributed by atoms with E-state index in [2.05, 4.69) is 10.4 Å². The Kier molecular flexibility index (Phi) is 6.32. The number of hydrogen-bond acceptors (Lipinski definition) is 6. The van der Waals surface area contributed by atoms with Gasteiger partial charge in [0.1, 0.15) is 22.6 Å². The largest absolute Gasteiger partial charge is 0.497 e. The zero-order valence-corrected chi connectivity index (χ0v) is 20.1. The lowest BCUT2D eigenvalue weighted by Gasteiger charge is -2.06. The Morgan fingerprint density at radius 2 is 1.72 bits per heavy atom. The Labute approximate surface area is 208 Å². The molecule has 0 bridgehead atoms. The van der Waals surface area contributed by atoms with Crippen LogP contribution in [0.1, 0.15) is 27.0 Å². The van der Waals surface area contributed by atoms with Crippen LogP contribution in [-0.4, -0.2) is 40.4 Å². The van der Waals surface area contributed by atoms with Gasteiger partial charge in [-0.3, -0.25) is 4.79 Å². The summed E-state index contributed by atoms with van der Waals surface area (Å²) in [7, 11) is 1.63. The normalized spacial score (nSPS) is 11.4. The highest BCUT2D eigenvalue weighted by atomic mass is 16.5. The number of nitrogens with two attached hydrogens (primary N) is 1. The summed E-state index contributed by atoms with van der Waals surface area (Å²) in [5.74, 6) is 0.658. The molecule has 3 N–H and O–H groups in total. The predicted molar refractivity (Wildman–Crippen MR) is 143 cm³/mol. The number of amides is 1. The zero-order chi connectivity index (χ0) is 25.1. The number of nitrogens with zero attached hydrogens (tertiary/aromatic N) is 4. The molecule has 8 nitrogen and oxygen atoms in total. The third kappa shape index (κ3) is 4.61. The molecule has 0 fully saturated rings. The minimum atomic E-state index is -0.320. The number of fused-ring (bicyclic) bond motifs is 2. The molecule has 0 aliphatic rings. The monoisotopic (exact) mass is 478 g/mol. The van der Waals surface area contributed by atoms with Crippen LogP contribution in [0.15, 0.2) is 77.9 Å². The number of carbonyl (C=O) groups is 1. The summed E-state index contributed by atoms with van der Waals surface area (Å²) in [4.78, 5) is 22.7. The van der Waals surface area contributed by atoms with E-state index in [1.165, 1.54) is 4.68 Å². The van der Waals surface area contributed by atoms with Crippen LogP contribution in [0.25, 0.3) is 22.2 Å². The predicted octanol–water partition coefficient (Wildman–Crippen LogP) is 4.34. The number of carbonyl (C=O) groups excluding carboxylic acids is 1. The second kappa shape index (κ2) is 9.87. The summed E-state index contributed by atoms with van der Waals surface area (Å²) in [6.45, 7) is 2.46. The Hall–Kier alpha value is -4.72. The lowest BCUT2D eigenvalue weighted by Crippen LogP contribution is -2.26. The molecule has 180 valence electrons. The highest BCUT2D eigenvalue weighted by Crippen LogP contribution is 2.28. The molecular formula is C28H26N6O2. The second-order valence-electron chi connectivity index (χ2n) is 8.47. The van der Waals surface area contributed by atoms with Crippen LogP contribution in [0.4, 0.5) is 5.82 Å². The summed E-state index contributed by atoms with van der Waals surface area (Å²) >= 11 is 0. The summed E-state index contributed by atoms with van der Waals surface area (Å²) in [6, 6.07) is 23.2. The van der Waals surface area contributed by atoms with E-state index in [9.17, 15) is 4.79 Å². The first-order chi connectivity index (χ1) is 17.5. The van der Waals surface area contributed by atoms with Crippen molar-refractivity contribution in [1.29, 1.82) is 0 Å². The fraction of sp³-hybridized carbons (Fsp3) is 0.143. The van der Waals surface area contributed by atoms with Crippen molar-refractivity contribution < 1.29 is 9.53 Å². The molecule has 0 spiro atoms. The standard InChI is InChI=1S/C28H26N6O2/c1-18-7-9-20(10-8-18)17-31-34-26(29)24(25-27(34)33-23-6-4-3-5-22(23)32-25)28(35)30-16-15-19-11-13-21(36-2)14-12-19/h3-14,17H,15-16,29H2,1-2H3,(H,30,35)/b31-17-. The third-order valence-corrected chi connectivity index (χ3v) is 5.96. The molecule has 8 heteroatoms. The van der Waals surface area contributed by atoms with Gasteiger partial charge < -0.3 is 15.8 Å². The van der Waals surface area contributed by atoms with Gasteiger partial charge in [0, 0.05) is 6.54 Å². The first-order valence-corrected chi connectivity index (χ1v) is 11.6. The van der Waals surface area contributed by atoms with Crippen LogP contribution < -0.4 is 15.8 Å². The molecule has 0 saturated carbocycles. The molecule has 2 aromatic heterocycles. The number of nitrogens with one attached hydrogen (secondary N) is 1. The van der Waals surface area contributed by atoms with Crippen molar-refractivity contribution >= 4 is 40.1 Å². The number of benzene rings is 3. The van der Waals surface area contributed by atoms with E-state index >= 15 is 0 Å². The number of para-hydroxylation sites is 2. The molecule has 0 atom stereocenters. The molecule has 5 aromatic rings. The molecule has 0 unspecified atom stereocenters. The quantitative estimate of drug-likeness (QED) is 0.339. The second-order valence-corrected chi connectivity index (χ2v) is 8.47. The minimum Gasteiger partial charge on any atom is -0.497 e. The molecule has 3 aromatic carbocycles. The highest BCUT2D eigenvalue weighted by molar-refractivity contribution is 6.10. The molecule has 0 aliphatic heterocycles. The summed E-state index contributed by atoms with van der Waals surface area (Å²) in [5, 5.41) is 7.53. The number of hydrogen-bond donors (Lipinski definition) is 2. The number of anilines is 1. The highest BCUT2D eigenvalue weighted by Gasteiger charge is 2.23. The zero-order valence-electron chi connectivity index (χ0n) is 20.1. The molecular weight excluding hydrogens is 452 g/mol. The Bertz CT molecular complexity index is 1570. The van der Waals surface area contributed by atoms with E-state index in [1.54, 1.807) is 13.3 Å². The van der Waals surface area contributed by atoms with Crippen LogP contribution >= 0.6 is 0 Å². The molecule has 0 aliphatic carbocycles. The Morgan fingerprint density at radius 1 is 1.03 bits per heavy atom. The smallest absolute Gasteiger partial charge is 0.257 e. The van der Waals surface area contributed by atoms with Gasteiger partial charge >= 0.3 is 0 Å². The summed E-state index contributed by atoms with van der Waals surface area (Å²) in [5.41, 5.74) is 12.1. The van der Waals surface area contributed by atoms with Gasteiger partial charge in [0.15, 0.2) is 5.65 Å². The average Bonchev–Trinajstić information content (AvgIpc) is 3.17. The average molecular weight is 479 g/mol. The molecule has 36 heavy (non-hydrogen) atoms. The van der Waals surface area contributed by atoms with Crippen LogP contribution in [-0.2, 0) is 6.42 Å². The molecule has 0 radical (unpaired) electrons. The van der Waals surface area contributed by atoms with Crippen LogP contribution in [0, 0.1) is 6.92 Å². The van der Waals surface area contributed by atoms with Gasteiger partial charge in [-0.15, -0.1) is 0 Å². The number of ether oxygens (including phenoxy) is 1. The van der Waals surface area contributed by atoms with Gasteiger partial charge in [-0.2, -0.15) is 9.78 Å². The van der Waals surface area contributed by atoms with E-state index in [4.69, 9.17) is 20.4 Å². The minimum absolute atomic E-state index is 0.186. The van der Waals surface area contributed by atoms with E-state index < -0.39 is 0 Å². The first kappa shape index (κ1) is 23.0. The van der Waals surface area contributed by atoms with Gasteiger partial charge in [0.05, 0.1) is 24.4 Å². The molecule has 2 heterocycles. The van der Waals surface area contributed by atoms with Crippen LogP contribution in [0.2, 0.25) is 0 Å². The first-order valence-electron chi connectivity index (χ1n) is 11.6. The maximum Gasteiger partial charge on any atom is 0.257 e.